The lowest BCUT2D eigenvalue weighted by molar-refractivity contribution is 0.0591. The van der Waals surface area contributed by atoms with Crippen LogP contribution in [0.4, 0.5) is 0 Å². The van der Waals surface area contributed by atoms with Crippen LogP contribution in [0.3, 0.4) is 0 Å². The molecule has 6 heteroatoms. The van der Waals surface area contributed by atoms with Crippen LogP contribution in [0.25, 0.3) is 11.0 Å². The van der Waals surface area contributed by atoms with E-state index >= 15 is 0 Å². The lowest BCUT2D eigenvalue weighted by Crippen LogP contribution is -2.04. The van der Waals surface area contributed by atoms with Crippen molar-refractivity contribution in [2.24, 2.45) is 0 Å². The summed E-state index contributed by atoms with van der Waals surface area (Å²) in [6.07, 6.45) is 3.13. The molecule has 0 fully saturated rings. The van der Waals surface area contributed by atoms with E-state index in [0.29, 0.717) is 21.8 Å². The maximum absolute atomic E-state index is 11.4. The molecule has 1 N–H and O–H groups in total. The lowest BCUT2D eigenvalue weighted by atomic mass is 10.2. The van der Waals surface area contributed by atoms with E-state index in [0.717, 1.165) is 0 Å². The molecule has 0 aliphatic rings. The van der Waals surface area contributed by atoms with Gasteiger partial charge in [-0.2, -0.15) is 0 Å². The molecule has 2 aromatic rings. The van der Waals surface area contributed by atoms with Crippen molar-refractivity contribution in [1.82, 2.24) is 4.98 Å². The summed E-state index contributed by atoms with van der Waals surface area (Å²) < 4.78 is 9.99. The second-order valence-electron chi connectivity index (χ2n) is 3.39. The fraction of sp³-hybridized carbons (Fsp3) is 0.167. The molecule has 0 aromatic carbocycles. The maximum atomic E-state index is 11.4. The van der Waals surface area contributed by atoms with Crippen molar-refractivity contribution >= 4 is 28.7 Å². The molecule has 0 atom stereocenters. The molecular formula is C12H11NO4S. The van der Waals surface area contributed by atoms with Crippen molar-refractivity contribution in [1.29, 1.82) is 0 Å². The fourth-order valence-electron chi connectivity index (χ4n) is 1.43. The molecule has 18 heavy (non-hydrogen) atoms. The molecular weight excluding hydrogens is 254 g/mol. The maximum Gasteiger partial charge on any atom is 0.360 e. The Bertz CT molecular complexity index is 605. The Morgan fingerprint density at radius 2 is 2.50 bits per heavy atom. The number of aromatic nitrogens is 1. The average molecular weight is 265 g/mol. The number of rotatable bonds is 4. The van der Waals surface area contributed by atoms with Gasteiger partial charge in [-0.1, -0.05) is 17.8 Å². The molecule has 0 spiro atoms. The Balaban J connectivity index is 2.46. The molecule has 0 bridgehead atoms. The number of pyridine rings is 1. The summed E-state index contributed by atoms with van der Waals surface area (Å²) in [7, 11) is 1.23. The molecule has 0 aliphatic heterocycles. The van der Waals surface area contributed by atoms with E-state index in [1.165, 1.54) is 25.1 Å². The van der Waals surface area contributed by atoms with E-state index in [2.05, 4.69) is 16.3 Å². The third kappa shape index (κ3) is 2.19. The number of carbonyl (C=O) groups is 1. The Kier molecular flexibility index (Phi) is 3.57. The minimum Gasteiger partial charge on any atom is -0.505 e. The highest BCUT2D eigenvalue weighted by Gasteiger charge is 2.18. The van der Waals surface area contributed by atoms with Crippen LogP contribution in [0.1, 0.15) is 10.5 Å². The summed E-state index contributed by atoms with van der Waals surface area (Å²) in [5.41, 5.74) is 0.304. The highest BCUT2D eigenvalue weighted by atomic mass is 32.2. The summed E-state index contributed by atoms with van der Waals surface area (Å²) in [5.74, 6) is -0.220. The number of carbonyl (C=O) groups excluding carboxylic acids is 1. The number of thioether (sulfide) groups is 1. The van der Waals surface area contributed by atoms with Crippen molar-refractivity contribution in [3.8, 4) is 5.75 Å². The van der Waals surface area contributed by atoms with Gasteiger partial charge in [-0.3, -0.25) is 0 Å². The average Bonchev–Trinajstić information content (AvgIpc) is 2.80. The number of nitrogens with zero attached hydrogens (tertiary/aromatic N) is 1. The van der Waals surface area contributed by atoms with Crippen molar-refractivity contribution in [3.63, 3.8) is 0 Å². The van der Waals surface area contributed by atoms with Gasteiger partial charge in [0, 0.05) is 11.8 Å². The molecule has 0 aliphatic carbocycles. The first-order chi connectivity index (χ1) is 8.67. The first-order valence-electron chi connectivity index (χ1n) is 5.11. The van der Waals surface area contributed by atoms with Crippen molar-refractivity contribution in [2.75, 3.05) is 12.9 Å². The van der Waals surface area contributed by atoms with Crippen molar-refractivity contribution in [2.45, 2.75) is 5.09 Å². The van der Waals surface area contributed by atoms with Gasteiger partial charge in [0.1, 0.15) is 0 Å². The van der Waals surface area contributed by atoms with Crippen LogP contribution in [0.2, 0.25) is 0 Å². The van der Waals surface area contributed by atoms with E-state index in [1.54, 1.807) is 12.1 Å². The first kappa shape index (κ1) is 12.5. The third-order valence-corrected chi connectivity index (χ3v) is 3.14. The molecule has 94 valence electrons. The summed E-state index contributed by atoms with van der Waals surface area (Å²) in [4.78, 5) is 15.2. The van der Waals surface area contributed by atoms with Gasteiger partial charge in [-0.05, 0) is 0 Å². The molecule has 5 nitrogen and oxygen atoms in total. The standard InChI is InChI=1S/C12H11NO4S/c1-3-4-18-9-5-7-8(17-9)6-13-10(11(7)14)12(15)16-2/h3,5-6,14H,1,4H2,2H3. The van der Waals surface area contributed by atoms with Crippen LogP contribution in [0.5, 0.6) is 5.75 Å². The van der Waals surface area contributed by atoms with Crippen LogP contribution in [-0.4, -0.2) is 28.9 Å². The first-order valence-corrected chi connectivity index (χ1v) is 6.09. The normalized spacial score (nSPS) is 10.5. The van der Waals surface area contributed by atoms with Gasteiger partial charge in [0.05, 0.1) is 18.7 Å². The van der Waals surface area contributed by atoms with Gasteiger partial charge in [-0.25, -0.2) is 9.78 Å². The second-order valence-corrected chi connectivity index (χ2v) is 4.41. The summed E-state index contributed by atoms with van der Waals surface area (Å²) >= 11 is 1.44. The quantitative estimate of drug-likeness (QED) is 0.520. The van der Waals surface area contributed by atoms with E-state index < -0.39 is 5.97 Å². The van der Waals surface area contributed by atoms with Crippen molar-refractivity contribution < 1.29 is 19.1 Å². The molecule has 2 heterocycles. The zero-order valence-electron chi connectivity index (χ0n) is 9.67. The van der Waals surface area contributed by atoms with Gasteiger partial charge in [0.25, 0.3) is 0 Å². The van der Waals surface area contributed by atoms with Crippen molar-refractivity contribution in [3.05, 3.63) is 30.6 Å². The molecule has 0 unspecified atom stereocenters. The number of ether oxygens (including phenoxy) is 1. The number of hydrogen-bond donors (Lipinski definition) is 1. The Morgan fingerprint density at radius 3 is 3.17 bits per heavy atom. The topological polar surface area (TPSA) is 72.6 Å². The zero-order chi connectivity index (χ0) is 13.1. The molecule has 2 rings (SSSR count). The fourth-order valence-corrected chi connectivity index (χ4v) is 2.06. The van der Waals surface area contributed by atoms with Crippen LogP contribution < -0.4 is 0 Å². The number of fused-ring (bicyclic) bond motifs is 1. The number of esters is 1. The highest BCUT2D eigenvalue weighted by molar-refractivity contribution is 7.99. The smallest absolute Gasteiger partial charge is 0.360 e. The summed E-state index contributed by atoms with van der Waals surface area (Å²) in [5, 5.41) is 11.0. The Morgan fingerprint density at radius 1 is 1.72 bits per heavy atom. The third-order valence-electron chi connectivity index (χ3n) is 2.25. The number of methoxy groups -OCH3 is 1. The summed E-state index contributed by atoms with van der Waals surface area (Å²) in [6.45, 7) is 3.61. The molecule has 0 saturated carbocycles. The lowest BCUT2D eigenvalue weighted by Gasteiger charge is -2.00. The minimum absolute atomic E-state index is 0.119. The van der Waals surface area contributed by atoms with E-state index in [1.807, 2.05) is 0 Å². The van der Waals surface area contributed by atoms with Crippen LogP contribution in [0, 0.1) is 0 Å². The van der Waals surface area contributed by atoms with Crippen LogP contribution in [0.15, 0.2) is 34.4 Å². The second kappa shape index (κ2) is 5.14. The molecule has 0 amide bonds. The number of furan rings is 1. The van der Waals surface area contributed by atoms with Gasteiger partial charge >= 0.3 is 5.97 Å². The van der Waals surface area contributed by atoms with Gasteiger partial charge in [-0.15, -0.1) is 6.58 Å². The Hall–Kier alpha value is -1.95. The zero-order valence-corrected chi connectivity index (χ0v) is 10.5. The minimum atomic E-state index is -0.684. The van der Waals surface area contributed by atoms with Gasteiger partial charge in [0.15, 0.2) is 22.1 Å². The Labute approximate surface area is 107 Å². The van der Waals surface area contributed by atoms with E-state index in [-0.39, 0.29) is 11.4 Å². The van der Waals surface area contributed by atoms with E-state index in [4.69, 9.17) is 4.42 Å². The highest BCUT2D eigenvalue weighted by Crippen LogP contribution is 2.33. The van der Waals surface area contributed by atoms with Crippen LogP contribution in [-0.2, 0) is 4.74 Å². The largest absolute Gasteiger partial charge is 0.505 e. The monoisotopic (exact) mass is 265 g/mol. The predicted octanol–water partition coefficient (Wildman–Crippen LogP) is 2.60. The van der Waals surface area contributed by atoms with Gasteiger partial charge < -0.3 is 14.3 Å². The molecule has 0 saturated heterocycles. The van der Waals surface area contributed by atoms with Crippen LogP contribution >= 0.6 is 11.8 Å². The molecule has 0 radical (unpaired) electrons. The SMILES string of the molecule is C=CCSc1cc2c(O)c(C(=O)OC)ncc2o1. The number of aromatic hydroxyl groups is 1. The van der Waals surface area contributed by atoms with Gasteiger partial charge in [0.2, 0.25) is 0 Å². The van der Waals surface area contributed by atoms with E-state index in [9.17, 15) is 9.90 Å². The predicted molar refractivity (Wildman–Crippen MR) is 67.9 cm³/mol. The summed E-state index contributed by atoms with van der Waals surface area (Å²) in [6, 6.07) is 1.66. The number of hydrogen-bond acceptors (Lipinski definition) is 6. The molecule has 2 aromatic heterocycles.